The number of fused-ring (bicyclic) bond motifs is 1. The number of piperazine rings is 1. The summed E-state index contributed by atoms with van der Waals surface area (Å²) < 4.78 is 28.0. The lowest BCUT2D eigenvalue weighted by molar-refractivity contribution is 0.384. The Morgan fingerprint density at radius 2 is 1.58 bits per heavy atom. The molecule has 168 valence electrons. The summed E-state index contributed by atoms with van der Waals surface area (Å²) in [6.45, 7) is 3.88. The number of sulfonamides is 1. The lowest BCUT2D eigenvalue weighted by atomic mass is 10.1. The van der Waals surface area contributed by atoms with E-state index in [-0.39, 0.29) is 0 Å². The molecule has 3 heterocycles. The molecule has 0 saturated carbocycles. The lowest BCUT2D eigenvalue weighted by Gasteiger charge is -2.34. The monoisotopic (exact) mass is 460 g/mol. The van der Waals surface area contributed by atoms with E-state index >= 15 is 0 Å². The molecule has 33 heavy (non-hydrogen) atoms. The van der Waals surface area contributed by atoms with Crippen molar-refractivity contribution in [2.45, 2.75) is 11.8 Å². The SMILES string of the molecule is Cc1ccnc(Nc2cc(N3CCN(S(=O)(=O)c4ccc5ccccc5c4)CC3)ncn2)c1. The first-order valence-corrected chi connectivity index (χ1v) is 12.2. The minimum absolute atomic E-state index is 0.328. The molecular weight excluding hydrogens is 436 g/mol. The summed E-state index contributed by atoms with van der Waals surface area (Å²) in [5, 5.41) is 5.14. The summed E-state index contributed by atoms with van der Waals surface area (Å²) in [5.41, 5.74) is 1.10. The Hall–Kier alpha value is -3.56. The van der Waals surface area contributed by atoms with Crippen LogP contribution in [-0.2, 0) is 10.0 Å². The van der Waals surface area contributed by atoms with Gasteiger partial charge in [-0.15, -0.1) is 0 Å². The summed E-state index contributed by atoms with van der Waals surface area (Å²) in [7, 11) is -3.56. The van der Waals surface area contributed by atoms with Gasteiger partial charge in [-0.05, 0) is 47.5 Å². The van der Waals surface area contributed by atoms with Crippen LogP contribution >= 0.6 is 0 Å². The van der Waals surface area contributed by atoms with E-state index in [0.29, 0.717) is 42.7 Å². The molecule has 8 nitrogen and oxygen atoms in total. The quantitative estimate of drug-likeness (QED) is 0.487. The van der Waals surface area contributed by atoms with Crippen molar-refractivity contribution in [1.82, 2.24) is 19.3 Å². The summed E-state index contributed by atoms with van der Waals surface area (Å²) in [5.74, 6) is 2.11. The number of hydrogen-bond acceptors (Lipinski definition) is 7. The van der Waals surface area contributed by atoms with Gasteiger partial charge in [-0.3, -0.25) is 0 Å². The minimum atomic E-state index is -3.56. The predicted octanol–water partition coefficient (Wildman–Crippen LogP) is 3.59. The van der Waals surface area contributed by atoms with Gasteiger partial charge in [0, 0.05) is 38.4 Å². The largest absolute Gasteiger partial charge is 0.354 e. The molecule has 0 aliphatic carbocycles. The van der Waals surface area contributed by atoms with E-state index in [1.807, 2.05) is 55.5 Å². The molecule has 1 aliphatic rings. The zero-order valence-corrected chi connectivity index (χ0v) is 19.0. The molecule has 1 saturated heterocycles. The molecule has 0 unspecified atom stereocenters. The third-order valence-electron chi connectivity index (χ3n) is 5.75. The Kier molecular flexibility index (Phi) is 5.65. The Bertz CT molecular complexity index is 1400. The first-order valence-electron chi connectivity index (χ1n) is 10.7. The Morgan fingerprint density at radius 3 is 2.36 bits per heavy atom. The van der Waals surface area contributed by atoms with Crippen molar-refractivity contribution in [3.63, 3.8) is 0 Å². The number of pyridine rings is 1. The topological polar surface area (TPSA) is 91.3 Å². The summed E-state index contributed by atoms with van der Waals surface area (Å²) in [4.78, 5) is 15.4. The normalized spacial score (nSPS) is 15.0. The maximum absolute atomic E-state index is 13.2. The van der Waals surface area contributed by atoms with Crippen LogP contribution in [0.4, 0.5) is 17.5 Å². The molecule has 1 fully saturated rings. The zero-order valence-electron chi connectivity index (χ0n) is 18.2. The summed E-state index contributed by atoms with van der Waals surface area (Å²) >= 11 is 0. The van der Waals surface area contributed by atoms with Gasteiger partial charge in [-0.2, -0.15) is 4.31 Å². The fourth-order valence-electron chi connectivity index (χ4n) is 3.96. The molecule has 0 bridgehead atoms. The molecule has 0 spiro atoms. The highest BCUT2D eigenvalue weighted by Crippen LogP contribution is 2.24. The Morgan fingerprint density at radius 1 is 0.818 bits per heavy atom. The summed E-state index contributed by atoms with van der Waals surface area (Å²) in [6.07, 6.45) is 3.25. The van der Waals surface area contributed by atoms with E-state index < -0.39 is 10.0 Å². The van der Waals surface area contributed by atoms with Crippen LogP contribution in [0.15, 0.2) is 78.1 Å². The first-order chi connectivity index (χ1) is 16.0. The van der Waals surface area contributed by atoms with E-state index in [0.717, 1.165) is 22.2 Å². The summed E-state index contributed by atoms with van der Waals surface area (Å²) in [6, 6.07) is 18.8. The van der Waals surface area contributed by atoms with Crippen molar-refractivity contribution in [3.05, 3.63) is 78.8 Å². The molecule has 0 amide bonds. The van der Waals surface area contributed by atoms with Gasteiger partial charge < -0.3 is 10.2 Å². The lowest BCUT2D eigenvalue weighted by Crippen LogP contribution is -2.48. The number of benzene rings is 2. The van der Waals surface area contributed by atoms with E-state index in [4.69, 9.17) is 0 Å². The van der Waals surface area contributed by atoms with Gasteiger partial charge in [0.15, 0.2) is 0 Å². The van der Waals surface area contributed by atoms with Crippen molar-refractivity contribution < 1.29 is 8.42 Å². The van der Waals surface area contributed by atoms with Crippen LogP contribution in [0, 0.1) is 6.92 Å². The van der Waals surface area contributed by atoms with Gasteiger partial charge >= 0.3 is 0 Å². The maximum Gasteiger partial charge on any atom is 0.243 e. The van der Waals surface area contributed by atoms with Crippen LogP contribution in [0.3, 0.4) is 0 Å². The number of nitrogens with one attached hydrogen (secondary N) is 1. The highest BCUT2D eigenvalue weighted by Gasteiger charge is 2.29. The van der Waals surface area contributed by atoms with Crippen LogP contribution in [0.5, 0.6) is 0 Å². The molecular formula is C24H24N6O2S. The maximum atomic E-state index is 13.2. The number of rotatable bonds is 5. The average molecular weight is 461 g/mol. The van der Waals surface area contributed by atoms with Gasteiger partial charge in [0.05, 0.1) is 4.90 Å². The standard InChI is InChI=1S/C24H24N6O2S/c1-18-8-9-25-22(14-18)28-23-16-24(27-17-26-23)29-10-12-30(13-11-29)33(31,32)21-7-6-19-4-2-3-5-20(19)15-21/h2-9,14-17H,10-13H2,1H3,(H,25,26,27,28). The van der Waals surface area contributed by atoms with Crippen LogP contribution in [0.25, 0.3) is 10.8 Å². The van der Waals surface area contributed by atoms with E-state index in [1.165, 1.54) is 6.33 Å². The van der Waals surface area contributed by atoms with Crippen molar-refractivity contribution >= 4 is 38.2 Å². The average Bonchev–Trinajstić information content (AvgIpc) is 2.84. The highest BCUT2D eigenvalue weighted by molar-refractivity contribution is 7.89. The van der Waals surface area contributed by atoms with Crippen molar-refractivity contribution in [1.29, 1.82) is 0 Å². The minimum Gasteiger partial charge on any atom is -0.354 e. The number of aryl methyl sites for hydroxylation is 1. The van der Waals surface area contributed by atoms with Gasteiger partial charge in [0.1, 0.15) is 23.8 Å². The zero-order chi connectivity index (χ0) is 22.8. The number of hydrogen-bond donors (Lipinski definition) is 1. The van der Waals surface area contributed by atoms with E-state index in [9.17, 15) is 8.42 Å². The third kappa shape index (κ3) is 4.50. The second-order valence-electron chi connectivity index (χ2n) is 8.00. The number of anilines is 3. The third-order valence-corrected chi connectivity index (χ3v) is 7.64. The van der Waals surface area contributed by atoms with Gasteiger partial charge in [0.2, 0.25) is 10.0 Å². The van der Waals surface area contributed by atoms with E-state index in [1.54, 1.807) is 22.6 Å². The molecule has 2 aromatic heterocycles. The molecule has 1 N–H and O–H groups in total. The van der Waals surface area contributed by atoms with Gasteiger partial charge in [-0.25, -0.2) is 23.4 Å². The van der Waals surface area contributed by atoms with Crippen LogP contribution in [-0.4, -0.2) is 53.9 Å². The molecule has 0 radical (unpaired) electrons. The van der Waals surface area contributed by atoms with Crippen molar-refractivity contribution in [3.8, 4) is 0 Å². The predicted molar refractivity (Wildman–Crippen MR) is 129 cm³/mol. The molecule has 5 rings (SSSR count). The molecule has 2 aromatic carbocycles. The highest BCUT2D eigenvalue weighted by atomic mass is 32.2. The van der Waals surface area contributed by atoms with Crippen LogP contribution in [0.2, 0.25) is 0 Å². The fraction of sp³-hybridized carbons (Fsp3) is 0.208. The molecule has 4 aromatic rings. The Labute approximate surface area is 193 Å². The van der Waals surface area contributed by atoms with Gasteiger partial charge in [-0.1, -0.05) is 30.3 Å². The second-order valence-corrected chi connectivity index (χ2v) is 9.94. The van der Waals surface area contributed by atoms with Crippen molar-refractivity contribution in [2.24, 2.45) is 0 Å². The number of nitrogens with zero attached hydrogens (tertiary/aromatic N) is 5. The number of aromatic nitrogens is 3. The molecule has 1 aliphatic heterocycles. The first kappa shape index (κ1) is 21.3. The smallest absolute Gasteiger partial charge is 0.243 e. The second kappa shape index (κ2) is 8.76. The van der Waals surface area contributed by atoms with E-state index in [2.05, 4.69) is 25.2 Å². The van der Waals surface area contributed by atoms with Crippen LogP contribution < -0.4 is 10.2 Å². The molecule has 0 atom stereocenters. The van der Waals surface area contributed by atoms with Crippen molar-refractivity contribution in [2.75, 3.05) is 36.4 Å². The molecule has 9 heteroatoms. The fourth-order valence-corrected chi connectivity index (χ4v) is 5.42. The van der Waals surface area contributed by atoms with Gasteiger partial charge in [0.25, 0.3) is 0 Å². The Balaban J connectivity index is 1.28. The van der Waals surface area contributed by atoms with Crippen LogP contribution in [0.1, 0.15) is 5.56 Å².